The molecule has 0 unspecified atom stereocenters. The minimum Gasteiger partial charge on any atom is -0.493 e. The van der Waals surface area contributed by atoms with Crippen molar-refractivity contribution < 1.29 is 23.5 Å². The Morgan fingerprint density at radius 1 is 1.18 bits per heavy atom. The maximum atomic E-state index is 10.9. The van der Waals surface area contributed by atoms with Crippen LogP contribution in [0.4, 0.5) is 4.79 Å². The van der Waals surface area contributed by atoms with Crippen molar-refractivity contribution in [3.63, 3.8) is 0 Å². The molecule has 7 heteroatoms. The van der Waals surface area contributed by atoms with Crippen LogP contribution in [0.3, 0.4) is 0 Å². The quantitative estimate of drug-likeness (QED) is 0.521. The molecule has 0 radical (unpaired) electrons. The third-order valence-corrected chi connectivity index (χ3v) is 2.81. The van der Waals surface area contributed by atoms with Crippen molar-refractivity contribution in [1.29, 1.82) is 0 Å². The topological polar surface area (TPSA) is 82.3 Å². The average Bonchev–Trinajstić information content (AvgIpc) is 3.02. The molecule has 0 aliphatic carbocycles. The van der Waals surface area contributed by atoms with Crippen molar-refractivity contribution in [1.82, 2.24) is 5.32 Å². The van der Waals surface area contributed by atoms with Crippen LogP contribution in [0, 0.1) is 0 Å². The second-order valence-electron chi connectivity index (χ2n) is 4.14. The molecular weight excluding hydrogens is 288 g/mol. The van der Waals surface area contributed by atoms with Gasteiger partial charge in [-0.25, -0.2) is 4.79 Å². The summed E-state index contributed by atoms with van der Waals surface area (Å²) in [6.45, 7) is 0. The molecule has 1 heterocycles. The lowest BCUT2D eigenvalue weighted by molar-refractivity contribution is 0.153. The lowest BCUT2D eigenvalue weighted by Crippen LogP contribution is -2.16. The third-order valence-electron chi connectivity index (χ3n) is 2.81. The maximum Gasteiger partial charge on any atom is 0.433 e. The molecule has 2 rings (SSSR count). The second-order valence-corrected chi connectivity index (χ2v) is 4.14. The molecule has 0 atom stereocenters. The van der Waals surface area contributed by atoms with E-state index in [0.717, 1.165) is 5.56 Å². The average molecular weight is 304 g/mol. The fourth-order valence-corrected chi connectivity index (χ4v) is 1.74. The zero-order valence-corrected chi connectivity index (χ0v) is 12.5. The first-order valence-electron chi connectivity index (χ1n) is 6.42. The van der Waals surface area contributed by atoms with Crippen molar-refractivity contribution in [2.45, 2.75) is 0 Å². The second kappa shape index (κ2) is 7.16. The van der Waals surface area contributed by atoms with Crippen LogP contribution < -0.4 is 14.8 Å². The van der Waals surface area contributed by atoms with Crippen LogP contribution in [0.15, 0.2) is 39.9 Å². The number of amides is 1. The number of methoxy groups -OCH3 is 2. The number of nitrogens with one attached hydrogen (secondary N) is 1. The smallest absolute Gasteiger partial charge is 0.433 e. The van der Waals surface area contributed by atoms with Gasteiger partial charge in [-0.05, 0) is 30.3 Å². The standard InChI is InChI=1S/C15H16N2O5/c1-16-15(18)22-17-9-11-5-7-12(21-11)10-4-6-13(19-2)14(8-10)20-3/h4-9H,1-3H3,(H,16,18). The van der Waals surface area contributed by atoms with E-state index in [-0.39, 0.29) is 0 Å². The Hall–Kier alpha value is -2.96. The zero-order valence-electron chi connectivity index (χ0n) is 12.5. The van der Waals surface area contributed by atoms with Gasteiger partial charge in [-0.3, -0.25) is 4.84 Å². The summed E-state index contributed by atoms with van der Waals surface area (Å²) in [5, 5.41) is 5.78. The van der Waals surface area contributed by atoms with Crippen LogP contribution in [0.25, 0.3) is 11.3 Å². The first-order chi connectivity index (χ1) is 10.7. The molecule has 2 aromatic rings. The predicted octanol–water partition coefficient (Wildman–Crippen LogP) is 2.65. The summed E-state index contributed by atoms with van der Waals surface area (Å²) in [6, 6.07) is 8.94. The number of furan rings is 1. The Morgan fingerprint density at radius 2 is 1.95 bits per heavy atom. The summed E-state index contributed by atoms with van der Waals surface area (Å²) in [5.74, 6) is 2.32. The molecule has 0 aliphatic heterocycles. The summed E-state index contributed by atoms with van der Waals surface area (Å²) in [6.07, 6.45) is 0.655. The van der Waals surface area contributed by atoms with Crippen LogP contribution in [0.5, 0.6) is 11.5 Å². The molecule has 0 fully saturated rings. The van der Waals surface area contributed by atoms with Gasteiger partial charge in [0.1, 0.15) is 17.7 Å². The molecule has 0 saturated heterocycles. The van der Waals surface area contributed by atoms with Gasteiger partial charge in [0, 0.05) is 12.6 Å². The number of nitrogens with zero attached hydrogens (tertiary/aromatic N) is 1. The van der Waals surface area contributed by atoms with E-state index >= 15 is 0 Å². The first kappa shape index (κ1) is 15.4. The molecule has 7 nitrogen and oxygen atoms in total. The summed E-state index contributed by atoms with van der Waals surface area (Å²) in [5.41, 5.74) is 0.824. The number of ether oxygens (including phenoxy) is 2. The molecule has 1 amide bonds. The van der Waals surface area contributed by atoms with E-state index in [4.69, 9.17) is 13.9 Å². The Bertz CT molecular complexity index is 678. The van der Waals surface area contributed by atoms with Crippen molar-refractivity contribution in [3.05, 3.63) is 36.1 Å². The Labute approximate surface area is 127 Å². The van der Waals surface area contributed by atoms with E-state index in [1.807, 2.05) is 6.07 Å². The summed E-state index contributed by atoms with van der Waals surface area (Å²) in [7, 11) is 4.59. The Morgan fingerprint density at radius 3 is 2.64 bits per heavy atom. The van der Waals surface area contributed by atoms with Gasteiger partial charge in [0.05, 0.1) is 14.2 Å². The van der Waals surface area contributed by atoms with Gasteiger partial charge >= 0.3 is 6.09 Å². The fraction of sp³-hybridized carbons (Fsp3) is 0.200. The van der Waals surface area contributed by atoms with Crippen molar-refractivity contribution in [3.8, 4) is 22.8 Å². The number of carbonyl (C=O) groups is 1. The number of oxime groups is 1. The summed E-state index contributed by atoms with van der Waals surface area (Å²) in [4.78, 5) is 15.4. The molecule has 1 N–H and O–H groups in total. The Kier molecular flexibility index (Phi) is 5.02. The number of hydrogen-bond donors (Lipinski definition) is 1. The lowest BCUT2D eigenvalue weighted by atomic mass is 10.1. The number of benzene rings is 1. The highest BCUT2D eigenvalue weighted by Crippen LogP contribution is 2.32. The van der Waals surface area contributed by atoms with Gasteiger partial charge in [0.25, 0.3) is 0 Å². The monoisotopic (exact) mass is 304 g/mol. The maximum absolute atomic E-state index is 10.9. The largest absolute Gasteiger partial charge is 0.493 e. The molecule has 1 aromatic carbocycles. The Balaban J connectivity index is 2.16. The van der Waals surface area contributed by atoms with E-state index in [1.165, 1.54) is 13.3 Å². The number of hydrogen-bond acceptors (Lipinski definition) is 6. The number of rotatable bonds is 5. The molecule has 0 saturated carbocycles. The molecule has 1 aromatic heterocycles. The van der Waals surface area contributed by atoms with Gasteiger partial charge in [-0.2, -0.15) is 0 Å². The van der Waals surface area contributed by atoms with Gasteiger partial charge in [-0.1, -0.05) is 5.16 Å². The minimum atomic E-state index is -0.650. The van der Waals surface area contributed by atoms with Crippen LogP contribution in [-0.4, -0.2) is 33.6 Å². The fourth-order valence-electron chi connectivity index (χ4n) is 1.74. The van der Waals surface area contributed by atoms with E-state index in [0.29, 0.717) is 23.0 Å². The predicted molar refractivity (Wildman–Crippen MR) is 80.4 cm³/mol. The summed E-state index contributed by atoms with van der Waals surface area (Å²) >= 11 is 0. The van der Waals surface area contributed by atoms with Gasteiger partial charge in [0.2, 0.25) is 0 Å². The molecule has 0 bridgehead atoms. The van der Waals surface area contributed by atoms with Crippen molar-refractivity contribution in [2.24, 2.45) is 5.16 Å². The van der Waals surface area contributed by atoms with E-state index in [2.05, 4.69) is 15.3 Å². The highest BCUT2D eigenvalue weighted by atomic mass is 16.7. The minimum absolute atomic E-state index is 0.452. The van der Waals surface area contributed by atoms with E-state index in [9.17, 15) is 4.79 Å². The van der Waals surface area contributed by atoms with Gasteiger partial charge < -0.3 is 19.2 Å². The highest BCUT2D eigenvalue weighted by molar-refractivity contribution is 5.78. The molecule has 0 aliphatic rings. The SMILES string of the molecule is CNC(=O)ON=Cc1ccc(-c2ccc(OC)c(OC)c2)o1. The van der Waals surface area contributed by atoms with Crippen molar-refractivity contribution >= 4 is 12.3 Å². The number of carbonyl (C=O) groups excluding carboxylic acids is 1. The zero-order chi connectivity index (χ0) is 15.9. The van der Waals surface area contributed by atoms with Gasteiger partial charge in [-0.15, -0.1) is 0 Å². The molecule has 0 spiro atoms. The normalized spacial score (nSPS) is 10.5. The summed E-state index contributed by atoms with van der Waals surface area (Å²) < 4.78 is 16.0. The van der Waals surface area contributed by atoms with Crippen LogP contribution in [-0.2, 0) is 4.84 Å². The van der Waals surface area contributed by atoms with Crippen LogP contribution >= 0.6 is 0 Å². The van der Waals surface area contributed by atoms with E-state index in [1.54, 1.807) is 38.5 Å². The van der Waals surface area contributed by atoms with Crippen LogP contribution in [0.2, 0.25) is 0 Å². The van der Waals surface area contributed by atoms with Gasteiger partial charge in [0.15, 0.2) is 11.5 Å². The molecular formula is C15H16N2O5. The molecule has 22 heavy (non-hydrogen) atoms. The highest BCUT2D eigenvalue weighted by Gasteiger charge is 2.09. The lowest BCUT2D eigenvalue weighted by Gasteiger charge is -2.08. The van der Waals surface area contributed by atoms with E-state index < -0.39 is 6.09 Å². The van der Waals surface area contributed by atoms with Crippen LogP contribution in [0.1, 0.15) is 5.76 Å². The van der Waals surface area contributed by atoms with Crippen molar-refractivity contribution in [2.75, 3.05) is 21.3 Å². The molecule has 116 valence electrons. The third kappa shape index (κ3) is 3.57. The first-order valence-corrected chi connectivity index (χ1v) is 6.42.